The molecule has 0 radical (unpaired) electrons. The van der Waals surface area contributed by atoms with Gasteiger partial charge in [-0.3, -0.25) is 14.5 Å². The van der Waals surface area contributed by atoms with Crippen LogP contribution in [0.5, 0.6) is 11.5 Å². The van der Waals surface area contributed by atoms with Crippen molar-refractivity contribution in [1.82, 2.24) is 9.80 Å². The van der Waals surface area contributed by atoms with E-state index in [4.69, 9.17) is 9.47 Å². The van der Waals surface area contributed by atoms with Crippen molar-refractivity contribution in [2.75, 3.05) is 46.5 Å². The molecule has 4 rings (SSSR count). The van der Waals surface area contributed by atoms with Gasteiger partial charge in [-0.15, -0.1) is 0 Å². The van der Waals surface area contributed by atoms with Gasteiger partial charge in [-0.2, -0.15) is 0 Å². The second-order valence-corrected chi connectivity index (χ2v) is 8.60. The molecule has 34 heavy (non-hydrogen) atoms. The molecule has 0 aliphatic carbocycles. The summed E-state index contributed by atoms with van der Waals surface area (Å²) in [6, 6.07) is 11.1. The van der Waals surface area contributed by atoms with E-state index in [9.17, 15) is 19.8 Å². The summed E-state index contributed by atoms with van der Waals surface area (Å²) in [6.07, 6.45) is 0.670. The predicted octanol–water partition coefficient (Wildman–Crippen LogP) is 2.85. The van der Waals surface area contributed by atoms with E-state index >= 15 is 0 Å². The number of carbonyl (C=O) groups excluding carboxylic acids is 2. The molecule has 2 saturated heterocycles. The van der Waals surface area contributed by atoms with E-state index in [1.807, 2.05) is 6.92 Å². The lowest BCUT2D eigenvalue weighted by Crippen LogP contribution is -2.38. The smallest absolute Gasteiger partial charge is 0.295 e. The number of ketones is 1. The number of benzene rings is 2. The van der Waals surface area contributed by atoms with Crippen LogP contribution in [0, 0.1) is 6.92 Å². The number of aliphatic hydroxyl groups is 1. The van der Waals surface area contributed by atoms with Gasteiger partial charge in [0.05, 0.1) is 37.5 Å². The van der Waals surface area contributed by atoms with Crippen LogP contribution in [0.4, 0.5) is 0 Å². The number of phenolic OH excluding ortho intramolecular Hbond substituents is 1. The second-order valence-electron chi connectivity index (χ2n) is 8.60. The summed E-state index contributed by atoms with van der Waals surface area (Å²) in [4.78, 5) is 30.1. The Hall–Kier alpha value is -3.36. The minimum atomic E-state index is -0.792. The number of ether oxygens (including phenoxy) is 2. The summed E-state index contributed by atoms with van der Waals surface area (Å²) in [5.74, 6) is -1.40. The van der Waals surface area contributed by atoms with Crippen molar-refractivity contribution in [3.05, 3.63) is 64.7 Å². The fourth-order valence-electron chi connectivity index (χ4n) is 4.54. The number of Topliss-reactive ketones (excluding diaryl/α,β-unsaturated/α-hetero) is 1. The molecule has 2 aromatic carbocycles. The maximum atomic E-state index is 13.2. The molecule has 0 bridgehead atoms. The summed E-state index contributed by atoms with van der Waals surface area (Å²) in [5.41, 5.74) is 1.54. The van der Waals surface area contributed by atoms with Crippen LogP contribution in [0.15, 0.2) is 48.0 Å². The normalized spacial score (nSPS) is 20.6. The molecule has 1 amide bonds. The van der Waals surface area contributed by atoms with Gasteiger partial charge in [0.2, 0.25) is 0 Å². The van der Waals surface area contributed by atoms with Gasteiger partial charge in [-0.25, -0.2) is 0 Å². The van der Waals surface area contributed by atoms with Crippen molar-refractivity contribution < 1.29 is 29.3 Å². The van der Waals surface area contributed by atoms with Crippen LogP contribution in [0.3, 0.4) is 0 Å². The summed E-state index contributed by atoms with van der Waals surface area (Å²) < 4.78 is 10.7. The Bertz CT molecular complexity index is 1110. The van der Waals surface area contributed by atoms with Gasteiger partial charge in [0.25, 0.3) is 11.7 Å². The number of morpholine rings is 1. The number of nitrogens with zero attached hydrogens (tertiary/aromatic N) is 2. The SMILES string of the molecule is COc1cccc(C2/C(=C(\O)c3cc(C)ccc3O)C(=O)C(=O)N2CCCN2CCOCC2)c1. The molecular weight excluding hydrogens is 436 g/mol. The Morgan fingerprint density at radius 2 is 1.88 bits per heavy atom. The number of methoxy groups -OCH3 is 1. The van der Waals surface area contributed by atoms with Crippen LogP contribution in [-0.4, -0.2) is 78.2 Å². The van der Waals surface area contributed by atoms with Crippen molar-refractivity contribution >= 4 is 17.4 Å². The predicted molar refractivity (Wildman–Crippen MR) is 127 cm³/mol. The highest BCUT2D eigenvalue weighted by Crippen LogP contribution is 2.41. The van der Waals surface area contributed by atoms with Crippen molar-refractivity contribution in [2.45, 2.75) is 19.4 Å². The standard InChI is InChI=1S/C26H30N2O6/c1-17-7-8-21(29)20(15-17)24(30)22-23(18-5-3-6-19(16-18)33-2)28(26(32)25(22)31)10-4-9-27-11-13-34-14-12-27/h3,5-8,15-16,23,29-30H,4,9-14H2,1-2H3/b24-22+. The monoisotopic (exact) mass is 466 g/mol. The quantitative estimate of drug-likeness (QED) is 0.368. The molecule has 2 aliphatic heterocycles. The summed E-state index contributed by atoms with van der Waals surface area (Å²) in [6.45, 7) is 5.99. The maximum Gasteiger partial charge on any atom is 0.295 e. The van der Waals surface area contributed by atoms with Crippen LogP contribution in [-0.2, 0) is 14.3 Å². The zero-order chi connectivity index (χ0) is 24.2. The molecule has 2 aliphatic rings. The largest absolute Gasteiger partial charge is 0.507 e. The van der Waals surface area contributed by atoms with Crippen molar-refractivity contribution in [3.63, 3.8) is 0 Å². The van der Waals surface area contributed by atoms with Gasteiger partial charge in [-0.05, 0) is 43.2 Å². The van der Waals surface area contributed by atoms with Gasteiger partial charge in [0.15, 0.2) is 0 Å². The van der Waals surface area contributed by atoms with Crippen molar-refractivity contribution in [1.29, 1.82) is 0 Å². The molecule has 0 aromatic heterocycles. The maximum absolute atomic E-state index is 13.2. The Morgan fingerprint density at radius 1 is 1.12 bits per heavy atom. The molecular formula is C26H30N2O6. The highest BCUT2D eigenvalue weighted by Gasteiger charge is 2.46. The number of aryl methyl sites for hydroxylation is 1. The number of hydrogen-bond donors (Lipinski definition) is 2. The molecule has 1 atom stereocenters. The molecule has 2 fully saturated rings. The van der Waals surface area contributed by atoms with E-state index in [0.717, 1.165) is 25.2 Å². The molecule has 8 nitrogen and oxygen atoms in total. The number of phenols is 1. The Kier molecular flexibility index (Phi) is 7.19. The topological polar surface area (TPSA) is 99.5 Å². The van der Waals surface area contributed by atoms with Gasteiger partial charge < -0.3 is 24.6 Å². The first-order valence-corrected chi connectivity index (χ1v) is 11.4. The third-order valence-corrected chi connectivity index (χ3v) is 6.33. The summed E-state index contributed by atoms with van der Waals surface area (Å²) >= 11 is 0. The Balaban J connectivity index is 1.72. The highest BCUT2D eigenvalue weighted by molar-refractivity contribution is 6.46. The van der Waals surface area contributed by atoms with E-state index in [0.29, 0.717) is 37.5 Å². The number of amides is 1. The number of aliphatic hydroxyl groups excluding tert-OH is 1. The molecule has 8 heteroatoms. The molecule has 0 spiro atoms. The lowest BCUT2D eigenvalue weighted by Gasteiger charge is -2.29. The molecule has 2 aromatic rings. The van der Waals surface area contributed by atoms with Crippen LogP contribution >= 0.6 is 0 Å². The van der Waals surface area contributed by atoms with Crippen molar-refractivity contribution in [2.24, 2.45) is 0 Å². The summed E-state index contributed by atoms with van der Waals surface area (Å²) in [5, 5.41) is 21.6. The zero-order valence-corrected chi connectivity index (χ0v) is 19.5. The van der Waals surface area contributed by atoms with Crippen LogP contribution in [0.1, 0.15) is 29.2 Å². The van der Waals surface area contributed by atoms with Gasteiger partial charge in [-0.1, -0.05) is 23.8 Å². The Labute approximate surface area is 199 Å². The molecule has 180 valence electrons. The third-order valence-electron chi connectivity index (χ3n) is 6.33. The van der Waals surface area contributed by atoms with E-state index in [2.05, 4.69) is 4.90 Å². The van der Waals surface area contributed by atoms with Gasteiger partial charge >= 0.3 is 0 Å². The third kappa shape index (κ3) is 4.78. The van der Waals surface area contributed by atoms with E-state index < -0.39 is 17.7 Å². The zero-order valence-electron chi connectivity index (χ0n) is 19.5. The average Bonchev–Trinajstić information content (AvgIpc) is 3.11. The van der Waals surface area contributed by atoms with Gasteiger partial charge in [0, 0.05) is 26.2 Å². The van der Waals surface area contributed by atoms with E-state index in [-0.39, 0.29) is 22.6 Å². The van der Waals surface area contributed by atoms with Gasteiger partial charge in [0.1, 0.15) is 17.3 Å². The second kappa shape index (κ2) is 10.3. The minimum Gasteiger partial charge on any atom is -0.507 e. The number of likely N-dealkylation sites (tertiary alicyclic amines) is 1. The lowest BCUT2D eigenvalue weighted by atomic mass is 9.94. The van der Waals surface area contributed by atoms with Crippen LogP contribution < -0.4 is 4.74 Å². The number of aromatic hydroxyl groups is 1. The first kappa shape index (κ1) is 23.8. The van der Waals surface area contributed by atoms with E-state index in [1.54, 1.807) is 43.5 Å². The Morgan fingerprint density at radius 3 is 2.62 bits per heavy atom. The molecule has 2 N–H and O–H groups in total. The first-order chi connectivity index (χ1) is 16.4. The average molecular weight is 467 g/mol. The fraction of sp³-hybridized carbons (Fsp3) is 0.385. The molecule has 2 heterocycles. The number of carbonyl (C=O) groups is 2. The summed E-state index contributed by atoms with van der Waals surface area (Å²) in [7, 11) is 1.54. The van der Waals surface area contributed by atoms with Crippen molar-refractivity contribution in [3.8, 4) is 11.5 Å². The highest BCUT2D eigenvalue weighted by atomic mass is 16.5. The van der Waals surface area contributed by atoms with E-state index in [1.165, 1.54) is 11.0 Å². The minimum absolute atomic E-state index is 0.0366. The number of rotatable bonds is 7. The van der Waals surface area contributed by atoms with Crippen LogP contribution in [0.25, 0.3) is 5.76 Å². The number of hydrogen-bond acceptors (Lipinski definition) is 7. The van der Waals surface area contributed by atoms with Crippen LogP contribution in [0.2, 0.25) is 0 Å². The lowest BCUT2D eigenvalue weighted by molar-refractivity contribution is -0.140. The molecule has 0 saturated carbocycles. The fourth-order valence-corrected chi connectivity index (χ4v) is 4.54. The molecule has 1 unspecified atom stereocenters. The first-order valence-electron chi connectivity index (χ1n) is 11.4.